The minimum atomic E-state index is -4.19. The molecule has 1 heterocycles. The second-order valence-electron chi connectivity index (χ2n) is 4.63. The van der Waals surface area contributed by atoms with E-state index in [0.29, 0.717) is 0 Å². The van der Waals surface area contributed by atoms with Crippen molar-refractivity contribution in [2.24, 2.45) is 0 Å². The molecule has 0 radical (unpaired) electrons. The summed E-state index contributed by atoms with van der Waals surface area (Å²) in [6.45, 7) is 0. The maximum atomic E-state index is 11.4. The van der Waals surface area contributed by atoms with Crippen LogP contribution in [0.15, 0.2) is 23.2 Å². The van der Waals surface area contributed by atoms with Gasteiger partial charge in [-0.2, -0.15) is 4.68 Å². The van der Waals surface area contributed by atoms with Gasteiger partial charge in [-0.15, -0.1) is 0 Å². The van der Waals surface area contributed by atoms with Crippen molar-refractivity contribution in [3.63, 3.8) is 0 Å². The predicted octanol–water partition coefficient (Wildman–Crippen LogP) is 2.78. The third-order valence-corrected chi connectivity index (χ3v) is 4.50. The molecule has 0 amide bonds. The smallest absolute Gasteiger partial charge is 0.358 e. The van der Waals surface area contributed by atoms with Gasteiger partial charge in [-0.05, 0) is 24.2 Å². The Morgan fingerprint density at radius 1 is 1.40 bits per heavy atom. The highest BCUT2D eigenvalue weighted by Crippen LogP contribution is 2.29. The molecule has 0 aliphatic heterocycles. The predicted molar refractivity (Wildman–Crippen MR) is 73.2 cm³/mol. The van der Waals surface area contributed by atoms with Gasteiger partial charge in [0.2, 0.25) is 4.90 Å². The molecular formula is C11H14ClN3O4S. The fourth-order valence-corrected chi connectivity index (χ4v) is 3.09. The summed E-state index contributed by atoms with van der Waals surface area (Å²) in [5, 5.41) is 14.7. The van der Waals surface area contributed by atoms with Gasteiger partial charge < -0.3 is 10.1 Å². The van der Waals surface area contributed by atoms with Crippen LogP contribution in [0.4, 0.5) is 5.82 Å². The normalized spacial score (nSPS) is 21.9. The first kappa shape index (κ1) is 15.0. The van der Waals surface area contributed by atoms with E-state index in [9.17, 15) is 18.5 Å². The molecule has 0 fully saturated rings. The quantitative estimate of drug-likeness (QED) is 0.369. The fraction of sp³-hybridized carbons (Fsp3) is 0.545. The largest absolute Gasteiger partial charge is 0.410 e. The van der Waals surface area contributed by atoms with Crippen LogP contribution in [0.25, 0.3) is 0 Å². The number of hydrogen-bond donors (Lipinski definition) is 0. The second kappa shape index (κ2) is 5.92. The highest BCUT2D eigenvalue weighted by atomic mass is 35.7. The Kier molecular flexibility index (Phi) is 4.44. The van der Waals surface area contributed by atoms with E-state index >= 15 is 0 Å². The van der Waals surface area contributed by atoms with Crippen molar-refractivity contribution in [3.8, 4) is 0 Å². The number of rotatable bonds is 3. The van der Waals surface area contributed by atoms with Crippen LogP contribution in [-0.2, 0) is 9.05 Å². The van der Waals surface area contributed by atoms with Gasteiger partial charge in [0, 0.05) is 10.7 Å². The van der Waals surface area contributed by atoms with Crippen molar-refractivity contribution >= 4 is 25.6 Å². The number of halogens is 1. The van der Waals surface area contributed by atoms with Crippen molar-refractivity contribution in [3.05, 3.63) is 28.5 Å². The molecule has 7 nitrogen and oxygen atoms in total. The summed E-state index contributed by atoms with van der Waals surface area (Å²) in [4.78, 5) is 9.49. The lowest BCUT2D eigenvalue weighted by atomic mass is 10.0. The average molecular weight is 320 g/mol. The van der Waals surface area contributed by atoms with E-state index in [-0.39, 0.29) is 6.04 Å². The molecule has 0 spiro atoms. The number of nitrogens with zero attached hydrogens (tertiary/aromatic N) is 3. The van der Waals surface area contributed by atoms with Gasteiger partial charge in [0.1, 0.15) is 0 Å². The molecule has 1 unspecified atom stereocenters. The summed E-state index contributed by atoms with van der Waals surface area (Å²) in [6, 6.07) is -0.179. The third kappa shape index (κ3) is 3.37. The standard InChI is InChI=1S/C11H14ClN3O4S/c12-20(18,19)10-8-14(13-11(10)15(16)17)9-6-4-2-1-3-5-7-9/h4,6,8-9H,1-3,5,7H2/b6-4+. The van der Waals surface area contributed by atoms with E-state index < -0.39 is 24.7 Å². The molecule has 0 aromatic carbocycles. The lowest BCUT2D eigenvalue weighted by Gasteiger charge is -2.12. The Morgan fingerprint density at radius 3 is 2.75 bits per heavy atom. The van der Waals surface area contributed by atoms with Gasteiger partial charge in [0.25, 0.3) is 9.05 Å². The van der Waals surface area contributed by atoms with Crippen LogP contribution in [0.2, 0.25) is 0 Å². The molecule has 0 bridgehead atoms. The molecule has 0 saturated heterocycles. The minimum absolute atomic E-state index is 0.179. The van der Waals surface area contributed by atoms with E-state index in [1.807, 2.05) is 12.2 Å². The fourth-order valence-electron chi connectivity index (χ4n) is 2.20. The Balaban J connectivity index is 2.42. The van der Waals surface area contributed by atoms with Crippen LogP contribution in [0.1, 0.15) is 38.1 Å². The van der Waals surface area contributed by atoms with Crippen LogP contribution in [0.5, 0.6) is 0 Å². The molecule has 1 aliphatic rings. The second-order valence-corrected chi connectivity index (χ2v) is 7.16. The zero-order valence-electron chi connectivity index (χ0n) is 10.6. The first-order chi connectivity index (χ1) is 9.39. The summed E-state index contributed by atoms with van der Waals surface area (Å²) in [5.74, 6) is -0.726. The van der Waals surface area contributed by atoms with Crippen molar-refractivity contribution in [2.75, 3.05) is 0 Å². The lowest BCUT2D eigenvalue weighted by Crippen LogP contribution is -2.08. The summed E-state index contributed by atoms with van der Waals surface area (Å²) in [7, 11) is 1.03. The highest BCUT2D eigenvalue weighted by molar-refractivity contribution is 8.13. The molecule has 9 heteroatoms. The van der Waals surface area contributed by atoms with Gasteiger partial charge >= 0.3 is 5.82 Å². The summed E-state index contributed by atoms with van der Waals surface area (Å²) >= 11 is 0. The molecule has 2 rings (SSSR count). The number of nitro groups is 1. The Morgan fingerprint density at radius 2 is 2.15 bits per heavy atom. The lowest BCUT2D eigenvalue weighted by molar-refractivity contribution is -0.392. The molecule has 110 valence electrons. The van der Waals surface area contributed by atoms with Gasteiger partial charge in [-0.1, -0.05) is 25.0 Å². The molecule has 0 N–H and O–H groups in total. The van der Waals surface area contributed by atoms with Crippen LogP contribution in [-0.4, -0.2) is 23.1 Å². The van der Waals surface area contributed by atoms with E-state index in [4.69, 9.17) is 10.7 Å². The number of aromatic nitrogens is 2. The summed E-state index contributed by atoms with van der Waals surface area (Å²) < 4.78 is 24.0. The molecule has 20 heavy (non-hydrogen) atoms. The SMILES string of the molecule is O=[N+]([O-])c1nn(C2/C=C/CCCCC2)cc1S(=O)(=O)Cl. The molecular weight excluding hydrogens is 306 g/mol. The number of hydrogen-bond acceptors (Lipinski definition) is 5. The first-order valence-electron chi connectivity index (χ1n) is 6.24. The zero-order chi connectivity index (χ0) is 14.8. The van der Waals surface area contributed by atoms with Gasteiger partial charge in [0.15, 0.2) is 0 Å². The third-order valence-electron chi connectivity index (χ3n) is 3.18. The van der Waals surface area contributed by atoms with E-state index in [2.05, 4.69) is 5.10 Å². The zero-order valence-corrected chi connectivity index (χ0v) is 12.2. The summed E-state index contributed by atoms with van der Waals surface area (Å²) in [5.41, 5.74) is 0. The molecule has 0 saturated carbocycles. The van der Waals surface area contributed by atoms with Crippen molar-refractivity contribution in [1.29, 1.82) is 0 Å². The van der Waals surface area contributed by atoms with E-state index in [1.165, 1.54) is 4.68 Å². The Bertz CT molecular complexity index is 638. The maximum absolute atomic E-state index is 11.4. The Labute approximate surface area is 120 Å². The van der Waals surface area contributed by atoms with Gasteiger partial charge in [-0.3, -0.25) is 0 Å². The van der Waals surface area contributed by atoms with Crippen LogP contribution < -0.4 is 0 Å². The van der Waals surface area contributed by atoms with Crippen LogP contribution in [0.3, 0.4) is 0 Å². The minimum Gasteiger partial charge on any atom is -0.358 e. The van der Waals surface area contributed by atoms with Crippen LogP contribution in [0, 0.1) is 10.1 Å². The van der Waals surface area contributed by atoms with Crippen molar-refractivity contribution in [1.82, 2.24) is 9.78 Å². The van der Waals surface area contributed by atoms with Crippen molar-refractivity contribution < 1.29 is 13.3 Å². The highest BCUT2D eigenvalue weighted by Gasteiger charge is 2.31. The molecule has 1 aromatic heterocycles. The average Bonchev–Trinajstić information content (AvgIpc) is 2.72. The topological polar surface area (TPSA) is 95.1 Å². The number of allylic oxidation sites excluding steroid dienone is 2. The molecule has 1 aliphatic carbocycles. The van der Waals surface area contributed by atoms with Gasteiger partial charge in [0.05, 0.1) is 17.3 Å². The maximum Gasteiger partial charge on any atom is 0.410 e. The van der Waals surface area contributed by atoms with Crippen molar-refractivity contribution in [2.45, 2.75) is 43.0 Å². The van der Waals surface area contributed by atoms with E-state index in [0.717, 1.165) is 38.3 Å². The van der Waals surface area contributed by atoms with Crippen LogP contribution >= 0.6 is 10.7 Å². The molecule has 1 aromatic rings. The first-order valence-corrected chi connectivity index (χ1v) is 8.55. The molecule has 1 atom stereocenters. The monoisotopic (exact) mass is 319 g/mol. The van der Waals surface area contributed by atoms with E-state index in [1.54, 1.807) is 0 Å². The summed E-state index contributed by atoms with van der Waals surface area (Å²) in [6.07, 6.45) is 9.89. The van der Waals surface area contributed by atoms with Gasteiger partial charge in [-0.25, -0.2) is 8.42 Å². The Hall–Kier alpha value is -1.41.